The van der Waals surface area contributed by atoms with E-state index in [1.807, 2.05) is 20.0 Å². The Bertz CT molecular complexity index is 310. The molecule has 0 saturated heterocycles. The van der Waals surface area contributed by atoms with Crippen molar-refractivity contribution in [2.45, 2.75) is 20.4 Å². The van der Waals surface area contributed by atoms with E-state index in [4.69, 9.17) is 0 Å². The zero-order valence-corrected chi connectivity index (χ0v) is 10.2. The van der Waals surface area contributed by atoms with Gasteiger partial charge in [0.05, 0.1) is 12.2 Å². The summed E-state index contributed by atoms with van der Waals surface area (Å²) in [5, 5.41) is 9.51. The van der Waals surface area contributed by atoms with E-state index in [0.29, 0.717) is 6.54 Å². The first-order chi connectivity index (χ1) is 7.63. The zero-order chi connectivity index (χ0) is 12.0. The minimum atomic E-state index is 0.00729. The molecule has 90 valence electrons. The van der Waals surface area contributed by atoms with Crippen LogP contribution in [-0.4, -0.2) is 41.1 Å². The first kappa shape index (κ1) is 12.7. The molecule has 16 heavy (non-hydrogen) atoms. The van der Waals surface area contributed by atoms with Crippen molar-refractivity contribution < 1.29 is 4.79 Å². The third-order valence-corrected chi connectivity index (χ3v) is 2.58. The van der Waals surface area contributed by atoms with Crippen LogP contribution >= 0.6 is 0 Å². The van der Waals surface area contributed by atoms with Crippen molar-refractivity contribution in [3.8, 4) is 0 Å². The van der Waals surface area contributed by atoms with E-state index in [1.165, 1.54) is 0 Å². The van der Waals surface area contributed by atoms with E-state index in [9.17, 15) is 4.79 Å². The quantitative estimate of drug-likeness (QED) is 0.744. The number of aromatic amines is 1. The first-order valence-electron chi connectivity index (χ1n) is 5.58. The number of nitrogens with zero attached hydrogens (tertiary/aromatic N) is 2. The Morgan fingerprint density at radius 2 is 2.44 bits per heavy atom. The molecule has 5 nitrogen and oxygen atoms in total. The van der Waals surface area contributed by atoms with E-state index < -0.39 is 0 Å². The highest BCUT2D eigenvalue weighted by molar-refractivity contribution is 5.78. The molecular weight excluding hydrogens is 204 g/mol. The van der Waals surface area contributed by atoms with E-state index in [1.54, 1.807) is 6.20 Å². The number of carbonyl (C=O) groups excluding carboxylic acids is 1. The van der Waals surface area contributed by atoms with Crippen LogP contribution in [0.15, 0.2) is 12.3 Å². The standard InChI is InChI=1S/C11H20N4O/c1-4-15(3)8-9(2)11(16)12-7-10-5-6-13-14-10/h5-6,9H,4,7-8H2,1-3H3,(H,12,16)(H,13,14)/t9-/m0/s1. The number of carbonyl (C=O) groups is 1. The van der Waals surface area contributed by atoms with Gasteiger partial charge in [0.1, 0.15) is 0 Å². The van der Waals surface area contributed by atoms with Crippen LogP contribution in [0.25, 0.3) is 0 Å². The van der Waals surface area contributed by atoms with Gasteiger partial charge in [0.15, 0.2) is 0 Å². The molecule has 1 aromatic rings. The smallest absolute Gasteiger partial charge is 0.224 e. The molecule has 2 N–H and O–H groups in total. The molecule has 5 heteroatoms. The van der Waals surface area contributed by atoms with Crippen LogP contribution in [0.3, 0.4) is 0 Å². The maximum Gasteiger partial charge on any atom is 0.224 e. The highest BCUT2D eigenvalue weighted by atomic mass is 16.1. The van der Waals surface area contributed by atoms with Crippen molar-refractivity contribution >= 4 is 5.91 Å². The van der Waals surface area contributed by atoms with Crippen molar-refractivity contribution in [2.24, 2.45) is 5.92 Å². The molecule has 0 radical (unpaired) electrons. The van der Waals surface area contributed by atoms with Crippen LogP contribution in [0.5, 0.6) is 0 Å². The number of amides is 1. The van der Waals surface area contributed by atoms with Gasteiger partial charge in [-0.25, -0.2) is 0 Å². The number of hydrogen-bond acceptors (Lipinski definition) is 3. The summed E-state index contributed by atoms with van der Waals surface area (Å²) in [5.74, 6) is 0.0859. The molecule has 0 saturated carbocycles. The second kappa shape index (κ2) is 6.27. The van der Waals surface area contributed by atoms with E-state index in [-0.39, 0.29) is 11.8 Å². The molecular formula is C11H20N4O. The van der Waals surface area contributed by atoms with E-state index in [0.717, 1.165) is 18.8 Å². The molecule has 0 aromatic carbocycles. The Balaban J connectivity index is 2.29. The number of nitrogens with one attached hydrogen (secondary N) is 2. The second-order valence-corrected chi connectivity index (χ2v) is 4.06. The Morgan fingerprint density at radius 1 is 1.69 bits per heavy atom. The van der Waals surface area contributed by atoms with Crippen molar-refractivity contribution in [1.29, 1.82) is 0 Å². The Kier molecular flexibility index (Phi) is 4.98. The van der Waals surface area contributed by atoms with Gasteiger partial charge in [-0.1, -0.05) is 13.8 Å². The predicted octanol–water partition coefficient (Wildman–Crippen LogP) is 0.614. The van der Waals surface area contributed by atoms with Gasteiger partial charge < -0.3 is 10.2 Å². The van der Waals surface area contributed by atoms with E-state index >= 15 is 0 Å². The molecule has 0 aliphatic heterocycles. The van der Waals surface area contributed by atoms with Crippen molar-refractivity contribution in [1.82, 2.24) is 20.4 Å². The third-order valence-electron chi connectivity index (χ3n) is 2.58. The number of hydrogen-bond donors (Lipinski definition) is 2. The molecule has 0 aliphatic carbocycles. The molecule has 0 aliphatic rings. The summed E-state index contributed by atoms with van der Waals surface area (Å²) in [5.41, 5.74) is 0.921. The fourth-order valence-corrected chi connectivity index (χ4v) is 1.42. The maximum absolute atomic E-state index is 11.7. The molecule has 1 atom stereocenters. The highest BCUT2D eigenvalue weighted by Crippen LogP contribution is 1.99. The summed E-state index contributed by atoms with van der Waals surface area (Å²) in [6.45, 7) is 6.27. The monoisotopic (exact) mass is 224 g/mol. The van der Waals surface area contributed by atoms with Crippen LogP contribution < -0.4 is 5.32 Å². The van der Waals surface area contributed by atoms with Crippen molar-refractivity contribution in [3.05, 3.63) is 18.0 Å². The summed E-state index contributed by atoms with van der Waals surface area (Å²) in [7, 11) is 2.01. The first-order valence-corrected chi connectivity index (χ1v) is 5.58. The van der Waals surface area contributed by atoms with Gasteiger partial charge in [0.25, 0.3) is 0 Å². The summed E-state index contributed by atoms with van der Waals surface area (Å²) in [4.78, 5) is 13.8. The lowest BCUT2D eigenvalue weighted by molar-refractivity contribution is -0.125. The lowest BCUT2D eigenvalue weighted by Crippen LogP contribution is -2.35. The zero-order valence-electron chi connectivity index (χ0n) is 10.2. The molecule has 0 fully saturated rings. The second-order valence-electron chi connectivity index (χ2n) is 4.06. The molecule has 1 amide bonds. The Labute approximate surface area is 96.2 Å². The topological polar surface area (TPSA) is 61.0 Å². The largest absolute Gasteiger partial charge is 0.350 e. The minimum Gasteiger partial charge on any atom is -0.350 e. The summed E-state index contributed by atoms with van der Waals surface area (Å²) in [6, 6.07) is 1.85. The van der Waals surface area contributed by atoms with Crippen LogP contribution in [0.1, 0.15) is 19.5 Å². The van der Waals surface area contributed by atoms with Gasteiger partial charge in [-0.3, -0.25) is 9.89 Å². The SMILES string of the molecule is CCN(C)C[C@H](C)C(=O)NCc1ccn[nH]1. The van der Waals surface area contributed by atoms with Crippen LogP contribution in [0.2, 0.25) is 0 Å². The predicted molar refractivity (Wildman–Crippen MR) is 62.8 cm³/mol. The van der Waals surface area contributed by atoms with Gasteiger partial charge in [0.2, 0.25) is 5.91 Å². The van der Waals surface area contributed by atoms with Crippen LogP contribution in [0.4, 0.5) is 0 Å². The van der Waals surface area contributed by atoms with Gasteiger partial charge in [-0.15, -0.1) is 0 Å². The average molecular weight is 224 g/mol. The molecule has 0 unspecified atom stereocenters. The molecule has 1 rings (SSSR count). The molecule has 1 aromatic heterocycles. The number of H-pyrrole nitrogens is 1. The summed E-state index contributed by atoms with van der Waals surface area (Å²) in [6.07, 6.45) is 1.68. The Hall–Kier alpha value is -1.36. The lowest BCUT2D eigenvalue weighted by Gasteiger charge is -2.18. The Morgan fingerprint density at radius 3 is 3.00 bits per heavy atom. The van der Waals surface area contributed by atoms with Gasteiger partial charge in [-0.05, 0) is 19.7 Å². The fraction of sp³-hybridized carbons (Fsp3) is 0.636. The summed E-state index contributed by atoms with van der Waals surface area (Å²) >= 11 is 0. The third kappa shape index (κ3) is 4.02. The normalized spacial score (nSPS) is 12.8. The van der Waals surface area contributed by atoms with Crippen molar-refractivity contribution in [2.75, 3.05) is 20.1 Å². The van der Waals surface area contributed by atoms with Gasteiger partial charge in [-0.2, -0.15) is 5.10 Å². The average Bonchev–Trinajstić information content (AvgIpc) is 2.78. The van der Waals surface area contributed by atoms with Gasteiger partial charge >= 0.3 is 0 Å². The van der Waals surface area contributed by atoms with Gasteiger partial charge in [0, 0.05) is 18.7 Å². The minimum absolute atomic E-state index is 0.00729. The number of rotatable bonds is 6. The fourth-order valence-electron chi connectivity index (χ4n) is 1.42. The lowest BCUT2D eigenvalue weighted by atomic mass is 10.1. The summed E-state index contributed by atoms with van der Waals surface area (Å²) < 4.78 is 0. The van der Waals surface area contributed by atoms with Crippen LogP contribution in [0, 0.1) is 5.92 Å². The molecule has 0 bridgehead atoms. The van der Waals surface area contributed by atoms with Crippen molar-refractivity contribution in [3.63, 3.8) is 0 Å². The van der Waals surface area contributed by atoms with Crippen LogP contribution in [-0.2, 0) is 11.3 Å². The van der Waals surface area contributed by atoms with E-state index in [2.05, 4.69) is 27.3 Å². The maximum atomic E-state index is 11.7. The number of aromatic nitrogens is 2. The molecule has 1 heterocycles. The molecule has 0 spiro atoms. The highest BCUT2D eigenvalue weighted by Gasteiger charge is 2.13.